The number of benzene rings is 2. The standard InChI is InChI=1S/C27H29NO11.Co/c1-10-22(31)13(28)6-17(38-10)39-15-8-27(36,16(30)9-29)7-12-19(15)26(35)21-20(24(12)33)23(32)11-4-3-5-14(37-2)18(11)25(21)34;/h3-5,10,13,15,17,22,29,31,33,35-36H,6-9,28H2,1-2H3;/t10?,13?,15-,17?,22?,27-;/m0./s1. The van der Waals surface area contributed by atoms with Gasteiger partial charge in [0.25, 0.3) is 0 Å². The molecule has 2 aromatic rings. The van der Waals surface area contributed by atoms with Gasteiger partial charge in [-0.15, -0.1) is 0 Å². The third-order valence-corrected chi connectivity index (χ3v) is 7.81. The molecule has 2 aromatic carbocycles. The number of fused-ring (bicyclic) bond motifs is 3. The summed E-state index contributed by atoms with van der Waals surface area (Å²) in [7, 11) is 1.32. The zero-order valence-electron chi connectivity index (χ0n) is 21.5. The number of carbonyl (C=O) groups excluding carboxylic acids is 3. The van der Waals surface area contributed by atoms with Crippen LogP contribution in [0.4, 0.5) is 0 Å². The molecular formula is C27H29CoNO11. The molecule has 40 heavy (non-hydrogen) atoms. The average molecular weight is 602 g/mol. The van der Waals surface area contributed by atoms with Gasteiger partial charge < -0.3 is 45.5 Å². The minimum Gasteiger partial charge on any atom is -0.507 e. The number of aliphatic hydroxyl groups is 3. The number of nitrogens with two attached hydrogens (primary N) is 1. The van der Waals surface area contributed by atoms with E-state index in [0.29, 0.717) is 0 Å². The van der Waals surface area contributed by atoms with Crippen molar-refractivity contribution in [3.05, 3.63) is 51.6 Å². The first kappa shape index (κ1) is 30.1. The molecule has 0 bridgehead atoms. The van der Waals surface area contributed by atoms with Crippen molar-refractivity contribution in [3.63, 3.8) is 0 Å². The molecule has 1 radical (unpaired) electrons. The molecule has 7 N–H and O–H groups in total. The SMILES string of the molecule is COc1cccc2c1C(=O)c1c(O)c3c(c(O)c1C2=O)C[C@@](O)(C(=O)CO)C[C@@H]3OC1CC(N)C(O)C(C)O1.[Co]. The van der Waals surface area contributed by atoms with E-state index in [0.717, 1.165) is 0 Å². The molecule has 1 fully saturated rings. The van der Waals surface area contributed by atoms with Gasteiger partial charge in [0.05, 0.1) is 42.1 Å². The van der Waals surface area contributed by atoms with Crippen molar-refractivity contribution in [2.75, 3.05) is 13.7 Å². The van der Waals surface area contributed by atoms with Gasteiger partial charge in [0, 0.05) is 58.8 Å². The van der Waals surface area contributed by atoms with E-state index >= 15 is 0 Å². The Morgan fingerprint density at radius 1 is 1.15 bits per heavy atom. The van der Waals surface area contributed by atoms with Gasteiger partial charge >= 0.3 is 0 Å². The van der Waals surface area contributed by atoms with Gasteiger partial charge in [-0.05, 0) is 13.0 Å². The van der Waals surface area contributed by atoms with Gasteiger partial charge in [-0.2, -0.15) is 0 Å². The van der Waals surface area contributed by atoms with Gasteiger partial charge in [0.15, 0.2) is 17.9 Å². The number of ether oxygens (including phenoxy) is 3. The number of carbonyl (C=O) groups is 3. The normalized spacial score (nSPS) is 29.1. The number of hydrogen-bond acceptors (Lipinski definition) is 12. The molecule has 1 heterocycles. The molecule has 0 saturated carbocycles. The summed E-state index contributed by atoms with van der Waals surface area (Å²) < 4.78 is 17.0. The van der Waals surface area contributed by atoms with E-state index in [-0.39, 0.29) is 51.2 Å². The van der Waals surface area contributed by atoms with Gasteiger partial charge in [-0.25, -0.2) is 0 Å². The molecule has 6 atom stereocenters. The van der Waals surface area contributed by atoms with Crippen LogP contribution in [0.2, 0.25) is 0 Å². The molecule has 4 unspecified atom stereocenters. The minimum atomic E-state index is -2.24. The van der Waals surface area contributed by atoms with Crippen LogP contribution >= 0.6 is 0 Å². The Labute approximate surface area is 238 Å². The summed E-state index contributed by atoms with van der Waals surface area (Å²) in [6, 6.07) is 3.64. The number of methoxy groups -OCH3 is 1. The number of phenolic OH excluding ortho intramolecular Hbond substituents is 2. The van der Waals surface area contributed by atoms with Gasteiger partial charge in [0.1, 0.15) is 29.5 Å². The second-order valence-corrected chi connectivity index (χ2v) is 10.2. The first-order valence-corrected chi connectivity index (χ1v) is 12.4. The van der Waals surface area contributed by atoms with Crippen LogP contribution in [-0.4, -0.2) is 86.7 Å². The predicted molar refractivity (Wildman–Crippen MR) is 132 cm³/mol. The van der Waals surface area contributed by atoms with E-state index in [1.54, 1.807) is 6.92 Å². The summed E-state index contributed by atoms with van der Waals surface area (Å²) in [6.07, 6.45) is -5.12. The fraction of sp³-hybridized carbons (Fsp3) is 0.444. The molecule has 5 rings (SSSR count). The number of hydrogen-bond donors (Lipinski definition) is 6. The zero-order chi connectivity index (χ0) is 28.4. The number of aliphatic hydroxyl groups excluding tert-OH is 2. The second-order valence-electron chi connectivity index (χ2n) is 10.2. The van der Waals surface area contributed by atoms with Crippen LogP contribution in [-0.2, 0) is 37.5 Å². The maximum absolute atomic E-state index is 13.6. The van der Waals surface area contributed by atoms with Crippen LogP contribution in [0.25, 0.3) is 0 Å². The van der Waals surface area contributed by atoms with E-state index < -0.39 is 95.7 Å². The van der Waals surface area contributed by atoms with Crippen LogP contribution in [0.15, 0.2) is 18.2 Å². The number of phenols is 2. The zero-order valence-corrected chi connectivity index (χ0v) is 22.6. The molecule has 13 heteroatoms. The van der Waals surface area contributed by atoms with Crippen LogP contribution in [0.3, 0.4) is 0 Å². The Morgan fingerprint density at radius 2 is 1.82 bits per heavy atom. The summed E-state index contributed by atoms with van der Waals surface area (Å²) in [5.41, 5.74) is 2.37. The maximum atomic E-state index is 13.6. The quantitative estimate of drug-likeness (QED) is 0.214. The predicted octanol–water partition coefficient (Wildman–Crippen LogP) is -0.00120. The Morgan fingerprint density at radius 3 is 2.45 bits per heavy atom. The molecule has 12 nitrogen and oxygen atoms in total. The van der Waals surface area contributed by atoms with Crippen molar-refractivity contribution in [2.24, 2.45) is 5.73 Å². The molecule has 1 saturated heterocycles. The summed E-state index contributed by atoms with van der Waals surface area (Å²) in [5, 5.41) is 53.7. The van der Waals surface area contributed by atoms with Crippen molar-refractivity contribution in [1.29, 1.82) is 0 Å². The number of Topliss-reactive ketones (excluding diaryl/α,β-unsaturated/α-hetero) is 1. The number of aromatic hydroxyl groups is 2. The van der Waals surface area contributed by atoms with Crippen LogP contribution < -0.4 is 10.5 Å². The third-order valence-electron chi connectivity index (χ3n) is 7.81. The largest absolute Gasteiger partial charge is 0.507 e. The van der Waals surface area contributed by atoms with Crippen molar-refractivity contribution in [3.8, 4) is 17.2 Å². The topological polar surface area (TPSA) is 206 Å². The number of rotatable bonds is 5. The second kappa shape index (κ2) is 10.8. The maximum Gasteiger partial charge on any atom is 0.202 e. The molecule has 2 aliphatic carbocycles. The smallest absolute Gasteiger partial charge is 0.202 e. The Hall–Kier alpha value is -2.88. The summed E-state index contributed by atoms with van der Waals surface area (Å²) in [5.74, 6) is -3.77. The molecule has 3 aliphatic rings. The van der Waals surface area contributed by atoms with Crippen molar-refractivity contribution >= 4 is 17.3 Å². The van der Waals surface area contributed by atoms with Crippen molar-refractivity contribution in [2.45, 2.75) is 62.4 Å². The third kappa shape index (κ3) is 4.52. The van der Waals surface area contributed by atoms with E-state index in [2.05, 4.69) is 0 Å². The minimum absolute atomic E-state index is 0. The Bertz CT molecular complexity index is 1380. The van der Waals surface area contributed by atoms with E-state index in [1.165, 1.54) is 25.3 Å². The number of ketones is 3. The van der Waals surface area contributed by atoms with Crippen molar-refractivity contribution in [1.82, 2.24) is 0 Å². The summed E-state index contributed by atoms with van der Waals surface area (Å²) in [4.78, 5) is 39.7. The monoisotopic (exact) mass is 602 g/mol. The Kier molecular flexibility index (Phi) is 8.15. The molecule has 217 valence electrons. The fourth-order valence-corrected chi connectivity index (χ4v) is 5.75. The fourth-order valence-electron chi connectivity index (χ4n) is 5.75. The van der Waals surface area contributed by atoms with Gasteiger partial charge in [-0.3, -0.25) is 14.4 Å². The molecule has 0 spiro atoms. The van der Waals surface area contributed by atoms with Crippen LogP contribution in [0.1, 0.15) is 68.8 Å². The first-order valence-electron chi connectivity index (χ1n) is 12.4. The van der Waals surface area contributed by atoms with E-state index in [9.17, 15) is 39.9 Å². The first-order chi connectivity index (χ1) is 18.4. The van der Waals surface area contributed by atoms with Crippen LogP contribution in [0, 0.1) is 0 Å². The van der Waals surface area contributed by atoms with Gasteiger partial charge in [0.2, 0.25) is 5.78 Å². The van der Waals surface area contributed by atoms with Crippen LogP contribution in [0.5, 0.6) is 17.2 Å². The summed E-state index contributed by atoms with van der Waals surface area (Å²) in [6.45, 7) is 0.560. The molecular weight excluding hydrogens is 573 g/mol. The van der Waals surface area contributed by atoms with E-state index in [4.69, 9.17) is 19.9 Å². The average Bonchev–Trinajstić information content (AvgIpc) is 2.90. The van der Waals surface area contributed by atoms with Crippen molar-refractivity contribution < 1.29 is 70.9 Å². The molecule has 0 amide bonds. The molecule has 1 aliphatic heterocycles. The van der Waals surface area contributed by atoms with Gasteiger partial charge in [-0.1, -0.05) is 12.1 Å². The molecule has 0 aromatic heterocycles. The Balaban J connectivity index is 0.00000370. The summed E-state index contributed by atoms with van der Waals surface area (Å²) >= 11 is 0. The van der Waals surface area contributed by atoms with E-state index in [1.807, 2.05) is 0 Å².